The molecule has 1 fully saturated rings. The quantitative estimate of drug-likeness (QED) is 0.796. The third-order valence-corrected chi connectivity index (χ3v) is 4.29. The predicted octanol–water partition coefficient (Wildman–Crippen LogP) is 3.28. The van der Waals surface area contributed by atoms with Gasteiger partial charge in [-0.3, -0.25) is 0 Å². The number of nitrogens with one attached hydrogen (secondary N) is 1. The summed E-state index contributed by atoms with van der Waals surface area (Å²) in [5.41, 5.74) is -0.100. The Morgan fingerprint density at radius 1 is 1.35 bits per heavy atom. The molecule has 2 aromatic rings. The molecule has 7 heteroatoms. The Hall–Kier alpha value is -2.28. The van der Waals surface area contributed by atoms with Crippen LogP contribution in [-0.2, 0) is 16.0 Å². The minimum atomic E-state index is -0.813. The smallest absolute Gasteiger partial charge is 0.225 e. The Bertz CT molecular complexity index is 804. The van der Waals surface area contributed by atoms with Crippen LogP contribution in [0.25, 0.3) is 10.9 Å². The van der Waals surface area contributed by atoms with Crippen LogP contribution in [0.3, 0.4) is 0 Å². The molecule has 0 saturated carbocycles. The van der Waals surface area contributed by atoms with E-state index in [2.05, 4.69) is 15.3 Å². The molecule has 26 heavy (non-hydrogen) atoms. The molecule has 3 rings (SSSR count). The number of nitrogens with zero attached hydrogens (tertiary/aromatic N) is 2. The van der Waals surface area contributed by atoms with E-state index in [-0.39, 0.29) is 11.6 Å². The summed E-state index contributed by atoms with van der Waals surface area (Å²) in [4.78, 5) is 20.0. The number of carbonyl (C=O) groups excluding carboxylic acids is 1. The number of hydrogen-bond donors (Lipinski definition) is 1. The summed E-state index contributed by atoms with van der Waals surface area (Å²) in [6.07, 6.45) is 2.89. The first kappa shape index (κ1) is 18.5. The van der Waals surface area contributed by atoms with Crippen molar-refractivity contribution in [1.82, 2.24) is 9.97 Å². The van der Waals surface area contributed by atoms with Gasteiger partial charge in [-0.1, -0.05) is 6.92 Å². The summed E-state index contributed by atoms with van der Waals surface area (Å²) in [7, 11) is 0. The predicted molar refractivity (Wildman–Crippen MR) is 97.1 cm³/mol. The van der Waals surface area contributed by atoms with Crippen LogP contribution in [0.1, 0.15) is 39.4 Å². The molecule has 2 heterocycles. The minimum absolute atomic E-state index is 0.0161. The zero-order valence-corrected chi connectivity index (χ0v) is 15.3. The van der Waals surface area contributed by atoms with Crippen molar-refractivity contribution < 1.29 is 18.7 Å². The van der Waals surface area contributed by atoms with Crippen molar-refractivity contribution in [2.24, 2.45) is 0 Å². The van der Waals surface area contributed by atoms with Crippen LogP contribution in [-0.4, -0.2) is 41.1 Å². The lowest BCUT2D eigenvalue weighted by Gasteiger charge is -2.24. The second kappa shape index (κ2) is 7.53. The maximum atomic E-state index is 14.7. The molecular weight excluding hydrogens is 337 g/mol. The standard InChI is InChI=1S/C19H24FN3O3/c1-4-16-21-17-14(18(22-16)26-13-5-7-25-8-6-13)9-12(10-15(17)20)23-19(2,3)11-24/h9-11,13,23H,4-8H2,1-3H3. The number of benzene rings is 1. The van der Waals surface area contributed by atoms with Gasteiger partial charge in [0.1, 0.15) is 23.7 Å². The molecule has 0 bridgehead atoms. The third kappa shape index (κ3) is 4.09. The molecule has 0 aliphatic carbocycles. The highest BCUT2D eigenvalue weighted by molar-refractivity contribution is 5.88. The Morgan fingerprint density at radius 3 is 2.73 bits per heavy atom. The van der Waals surface area contributed by atoms with Gasteiger partial charge < -0.3 is 19.6 Å². The molecule has 1 aliphatic rings. The number of rotatable bonds is 6. The molecule has 6 nitrogen and oxygen atoms in total. The van der Waals surface area contributed by atoms with Crippen LogP contribution >= 0.6 is 0 Å². The van der Waals surface area contributed by atoms with Gasteiger partial charge in [-0.2, -0.15) is 4.98 Å². The summed E-state index contributed by atoms with van der Waals surface area (Å²) < 4.78 is 26.1. The summed E-state index contributed by atoms with van der Waals surface area (Å²) in [5.74, 6) is 0.443. The number of halogens is 1. The van der Waals surface area contributed by atoms with Crippen molar-refractivity contribution in [3.63, 3.8) is 0 Å². The van der Waals surface area contributed by atoms with E-state index in [0.717, 1.165) is 19.1 Å². The Balaban J connectivity index is 2.04. The van der Waals surface area contributed by atoms with Gasteiger partial charge >= 0.3 is 0 Å². The van der Waals surface area contributed by atoms with Crippen LogP contribution in [0.15, 0.2) is 12.1 Å². The van der Waals surface area contributed by atoms with Gasteiger partial charge in [0.05, 0.1) is 24.1 Å². The second-order valence-electron chi connectivity index (χ2n) is 7.05. The van der Waals surface area contributed by atoms with Crippen molar-refractivity contribution in [2.75, 3.05) is 18.5 Å². The number of anilines is 1. The fourth-order valence-corrected chi connectivity index (χ4v) is 2.88. The Morgan fingerprint density at radius 2 is 2.08 bits per heavy atom. The summed E-state index contributed by atoms with van der Waals surface area (Å²) >= 11 is 0. The van der Waals surface area contributed by atoms with Crippen LogP contribution in [0.2, 0.25) is 0 Å². The first-order chi connectivity index (χ1) is 12.4. The van der Waals surface area contributed by atoms with E-state index in [9.17, 15) is 9.18 Å². The molecule has 1 aromatic carbocycles. The Labute approximate surface area is 152 Å². The van der Waals surface area contributed by atoms with E-state index < -0.39 is 11.4 Å². The average molecular weight is 361 g/mol. The van der Waals surface area contributed by atoms with Gasteiger partial charge in [0.25, 0.3) is 0 Å². The zero-order valence-electron chi connectivity index (χ0n) is 15.3. The summed E-state index contributed by atoms with van der Waals surface area (Å²) in [6, 6.07) is 3.08. The Kier molecular flexibility index (Phi) is 5.36. The zero-order chi connectivity index (χ0) is 18.7. The van der Waals surface area contributed by atoms with E-state index >= 15 is 0 Å². The third-order valence-electron chi connectivity index (χ3n) is 4.29. The fourth-order valence-electron chi connectivity index (χ4n) is 2.88. The fraction of sp³-hybridized carbons (Fsp3) is 0.526. The molecule has 1 aromatic heterocycles. The van der Waals surface area contributed by atoms with E-state index in [0.29, 0.717) is 42.4 Å². The average Bonchev–Trinajstić information content (AvgIpc) is 2.63. The highest BCUT2D eigenvalue weighted by Gasteiger charge is 2.22. The molecule has 1 aliphatic heterocycles. The van der Waals surface area contributed by atoms with E-state index in [1.807, 2.05) is 6.92 Å². The van der Waals surface area contributed by atoms with Crippen LogP contribution in [0.4, 0.5) is 10.1 Å². The van der Waals surface area contributed by atoms with Crippen molar-refractivity contribution >= 4 is 22.9 Å². The van der Waals surface area contributed by atoms with Gasteiger partial charge in [0.15, 0.2) is 5.82 Å². The lowest BCUT2D eigenvalue weighted by atomic mass is 10.1. The molecular formula is C19H24FN3O3. The second-order valence-corrected chi connectivity index (χ2v) is 7.05. The highest BCUT2D eigenvalue weighted by atomic mass is 19.1. The molecule has 140 valence electrons. The van der Waals surface area contributed by atoms with Gasteiger partial charge in [-0.15, -0.1) is 0 Å². The molecule has 1 saturated heterocycles. The number of carbonyl (C=O) groups is 1. The normalized spacial score (nSPS) is 15.8. The van der Waals surface area contributed by atoms with Gasteiger partial charge in [-0.25, -0.2) is 9.37 Å². The minimum Gasteiger partial charge on any atom is -0.474 e. The van der Waals surface area contributed by atoms with Crippen molar-refractivity contribution in [2.45, 2.75) is 51.7 Å². The molecule has 0 amide bonds. The molecule has 0 radical (unpaired) electrons. The number of fused-ring (bicyclic) bond motifs is 1. The number of aldehydes is 1. The largest absolute Gasteiger partial charge is 0.474 e. The topological polar surface area (TPSA) is 73.3 Å². The van der Waals surface area contributed by atoms with E-state index in [1.165, 1.54) is 6.07 Å². The number of hydrogen-bond acceptors (Lipinski definition) is 6. The number of aryl methyl sites for hydroxylation is 1. The van der Waals surface area contributed by atoms with Crippen LogP contribution in [0.5, 0.6) is 5.88 Å². The molecule has 1 N–H and O–H groups in total. The SMILES string of the molecule is CCc1nc(OC2CCOCC2)c2cc(NC(C)(C)C=O)cc(F)c2n1. The van der Waals surface area contributed by atoms with Crippen LogP contribution < -0.4 is 10.1 Å². The van der Waals surface area contributed by atoms with Gasteiger partial charge in [0.2, 0.25) is 5.88 Å². The van der Waals surface area contributed by atoms with Crippen molar-refractivity contribution in [1.29, 1.82) is 0 Å². The van der Waals surface area contributed by atoms with E-state index in [1.54, 1.807) is 19.9 Å². The van der Waals surface area contributed by atoms with Crippen LogP contribution in [0, 0.1) is 5.82 Å². The molecule has 0 atom stereocenters. The lowest BCUT2D eigenvalue weighted by Crippen LogP contribution is -2.32. The monoisotopic (exact) mass is 361 g/mol. The maximum Gasteiger partial charge on any atom is 0.225 e. The highest BCUT2D eigenvalue weighted by Crippen LogP contribution is 2.31. The van der Waals surface area contributed by atoms with Gasteiger partial charge in [0, 0.05) is 24.9 Å². The maximum absolute atomic E-state index is 14.7. The number of aromatic nitrogens is 2. The van der Waals surface area contributed by atoms with Crippen molar-refractivity contribution in [3.8, 4) is 5.88 Å². The first-order valence-corrected chi connectivity index (χ1v) is 8.91. The lowest BCUT2D eigenvalue weighted by molar-refractivity contribution is -0.110. The molecule has 0 unspecified atom stereocenters. The summed E-state index contributed by atoms with van der Waals surface area (Å²) in [6.45, 7) is 6.64. The van der Waals surface area contributed by atoms with Crippen molar-refractivity contribution in [3.05, 3.63) is 23.8 Å². The number of ether oxygens (including phenoxy) is 2. The molecule has 0 spiro atoms. The first-order valence-electron chi connectivity index (χ1n) is 8.91. The van der Waals surface area contributed by atoms with E-state index in [4.69, 9.17) is 9.47 Å². The summed E-state index contributed by atoms with van der Waals surface area (Å²) in [5, 5.41) is 3.52. The van der Waals surface area contributed by atoms with Gasteiger partial charge in [-0.05, 0) is 26.0 Å².